The van der Waals surface area contributed by atoms with Crippen LogP contribution in [0.15, 0.2) is 18.2 Å². The van der Waals surface area contributed by atoms with Crippen LogP contribution >= 0.6 is 11.6 Å². The standard InChI is InChI=1S/C16H26ClN3O/c1-5-20(11-16(21)18-4)15-7-6-13(8-14(15)17)10-19-9-12(2)3/h6-8,12,19H,5,9-11H2,1-4H3,(H,18,21). The zero-order chi connectivity index (χ0) is 15.8. The van der Waals surface area contributed by atoms with Gasteiger partial charge in [0.15, 0.2) is 0 Å². The first kappa shape index (κ1) is 17.8. The van der Waals surface area contributed by atoms with Gasteiger partial charge in [-0.05, 0) is 37.1 Å². The molecule has 1 aromatic rings. The van der Waals surface area contributed by atoms with Crippen LogP contribution in [0.1, 0.15) is 26.3 Å². The number of hydrogen-bond acceptors (Lipinski definition) is 3. The summed E-state index contributed by atoms with van der Waals surface area (Å²) < 4.78 is 0. The van der Waals surface area contributed by atoms with Gasteiger partial charge in [0.1, 0.15) is 0 Å². The third-order valence-electron chi connectivity index (χ3n) is 3.23. The van der Waals surface area contributed by atoms with Crippen LogP contribution < -0.4 is 15.5 Å². The maximum atomic E-state index is 11.5. The Morgan fingerprint density at radius 1 is 1.38 bits per heavy atom. The minimum absolute atomic E-state index is 0.0180. The second-order valence-corrected chi connectivity index (χ2v) is 5.91. The molecule has 0 aromatic heterocycles. The fourth-order valence-electron chi connectivity index (χ4n) is 2.04. The maximum absolute atomic E-state index is 11.5. The van der Waals surface area contributed by atoms with Crippen molar-refractivity contribution in [2.24, 2.45) is 5.92 Å². The van der Waals surface area contributed by atoms with Gasteiger partial charge >= 0.3 is 0 Å². The van der Waals surface area contributed by atoms with E-state index in [9.17, 15) is 4.79 Å². The average molecular weight is 312 g/mol. The molecule has 0 saturated heterocycles. The molecule has 0 aliphatic carbocycles. The fourth-order valence-corrected chi connectivity index (χ4v) is 2.36. The van der Waals surface area contributed by atoms with Crippen molar-refractivity contribution in [3.05, 3.63) is 28.8 Å². The van der Waals surface area contributed by atoms with E-state index in [-0.39, 0.29) is 5.91 Å². The molecule has 118 valence electrons. The number of benzene rings is 1. The van der Waals surface area contributed by atoms with Gasteiger partial charge in [-0.2, -0.15) is 0 Å². The van der Waals surface area contributed by atoms with E-state index in [2.05, 4.69) is 30.5 Å². The van der Waals surface area contributed by atoms with Crippen molar-refractivity contribution in [1.29, 1.82) is 0 Å². The topological polar surface area (TPSA) is 44.4 Å². The molecule has 2 N–H and O–H groups in total. The number of rotatable bonds is 8. The Morgan fingerprint density at radius 2 is 2.10 bits per heavy atom. The lowest BCUT2D eigenvalue weighted by atomic mass is 10.1. The number of anilines is 1. The summed E-state index contributed by atoms with van der Waals surface area (Å²) in [4.78, 5) is 13.5. The van der Waals surface area contributed by atoms with Crippen LogP contribution in [-0.2, 0) is 11.3 Å². The minimum Gasteiger partial charge on any atom is -0.361 e. The first-order chi connectivity index (χ1) is 9.97. The summed E-state index contributed by atoms with van der Waals surface area (Å²) in [6, 6.07) is 6.01. The van der Waals surface area contributed by atoms with E-state index in [0.717, 1.165) is 30.9 Å². The van der Waals surface area contributed by atoms with Crippen molar-refractivity contribution < 1.29 is 4.79 Å². The molecule has 0 aliphatic heterocycles. The average Bonchev–Trinajstić information content (AvgIpc) is 2.44. The fraction of sp³-hybridized carbons (Fsp3) is 0.562. The molecule has 0 fully saturated rings. The minimum atomic E-state index is -0.0180. The Morgan fingerprint density at radius 3 is 2.62 bits per heavy atom. The van der Waals surface area contributed by atoms with E-state index in [1.807, 2.05) is 24.0 Å². The highest BCUT2D eigenvalue weighted by molar-refractivity contribution is 6.33. The number of halogens is 1. The van der Waals surface area contributed by atoms with Crippen LogP contribution in [0, 0.1) is 5.92 Å². The zero-order valence-electron chi connectivity index (χ0n) is 13.4. The Labute approximate surface area is 132 Å². The van der Waals surface area contributed by atoms with Gasteiger partial charge in [0.05, 0.1) is 17.3 Å². The van der Waals surface area contributed by atoms with Crippen LogP contribution in [0.3, 0.4) is 0 Å². The molecule has 21 heavy (non-hydrogen) atoms. The Balaban J connectivity index is 2.73. The van der Waals surface area contributed by atoms with Gasteiger partial charge in [0.2, 0.25) is 5.91 Å². The molecule has 0 saturated carbocycles. The van der Waals surface area contributed by atoms with Gasteiger partial charge in [-0.15, -0.1) is 0 Å². The van der Waals surface area contributed by atoms with Gasteiger partial charge in [-0.3, -0.25) is 4.79 Å². The molecule has 0 bridgehead atoms. The van der Waals surface area contributed by atoms with Gasteiger partial charge < -0.3 is 15.5 Å². The maximum Gasteiger partial charge on any atom is 0.239 e. The normalized spacial score (nSPS) is 10.8. The van der Waals surface area contributed by atoms with Gasteiger partial charge in [0.25, 0.3) is 0 Å². The SMILES string of the molecule is CCN(CC(=O)NC)c1ccc(CNCC(C)C)cc1Cl. The zero-order valence-corrected chi connectivity index (χ0v) is 14.1. The number of nitrogens with one attached hydrogen (secondary N) is 2. The summed E-state index contributed by atoms with van der Waals surface area (Å²) in [5, 5.41) is 6.72. The van der Waals surface area contributed by atoms with E-state index < -0.39 is 0 Å². The lowest BCUT2D eigenvalue weighted by Crippen LogP contribution is -2.35. The molecule has 0 aliphatic rings. The summed E-state index contributed by atoms with van der Waals surface area (Å²) in [6.07, 6.45) is 0. The van der Waals surface area contributed by atoms with Crippen molar-refractivity contribution in [3.8, 4) is 0 Å². The molecule has 0 radical (unpaired) electrons. The highest BCUT2D eigenvalue weighted by atomic mass is 35.5. The number of likely N-dealkylation sites (N-methyl/N-ethyl adjacent to an activating group) is 2. The van der Waals surface area contributed by atoms with Crippen molar-refractivity contribution in [2.75, 3.05) is 31.6 Å². The molecule has 4 nitrogen and oxygen atoms in total. The summed E-state index contributed by atoms with van der Waals surface area (Å²) in [5.74, 6) is 0.610. The number of hydrogen-bond donors (Lipinski definition) is 2. The lowest BCUT2D eigenvalue weighted by molar-refractivity contribution is -0.119. The molecule has 1 rings (SSSR count). The molecule has 1 amide bonds. The van der Waals surface area contributed by atoms with E-state index in [1.54, 1.807) is 7.05 Å². The molecule has 0 heterocycles. The number of carbonyl (C=O) groups is 1. The second kappa shape index (κ2) is 8.90. The third-order valence-corrected chi connectivity index (χ3v) is 3.53. The van der Waals surface area contributed by atoms with Crippen LogP contribution in [0.2, 0.25) is 5.02 Å². The Bertz CT molecular complexity index is 463. The summed E-state index contributed by atoms with van der Waals surface area (Å²) in [6.45, 7) is 9.21. The van der Waals surface area contributed by atoms with Crippen LogP contribution in [0.5, 0.6) is 0 Å². The largest absolute Gasteiger partial charge is 0.361 e. The first-order valence-corrected chi connectivity index (χ1v) is 7.80. The van der Waals surface area contributed by atoms with Crippen LogP contribution in [-0.4, -0.2) is 32.6 Å². The van der Waals surface area contributed by atoms with Crippen LogP contribution in [0.25, 0.3) is 0 Å². The van der Waals surface area contributed by atoms with Crippen molar-refractivity contribution in [1.82, 2.24) is 10.6 Å². The van der Waals surface area contributed by atoms with Gasteiger partial charge in [-0.1, -0.05) is 31.5 Å². The number of carbonyl (C=O) groups excluding carboxylic acids is 1. The third kappa shape index (κ3) is 5.94. The molecular formula is C16H26ClN3O. The van der Waals surface area contributed by atoms with Crippen molar-refractivity contribution in [2.45, 2.75) is 27.3 Å². The molecule has 5 heteroatoms. The first-order valence-electron chi connectivity index (χ1n) is 7.42. The predicted octanol–water partition coefficient (Wildman–Crippen LogP) is 2.66. The molecular weight excluding hydrogens is 286 g/mol. The van der Waals surface area contributed by atoms with E-state index in [4.69, 9.17) is 11.6 Å². The lowest BCUT2D eigenvalue weighted by Gasteiger charge is -2.23. The van der Waals surface area contributed by atoms with E-state index in [1.165, 1.54) is 0 Å². The number of nitrogens with zero attached hydrogens (tertiary/aromatic N) is 1. The van der Waals surface area contributed by atoms with Gasteiger partial charge in [-0.25, -0.2) is 0 Å². The van der Waals surface area contributed by atoms with Crippen molar-refractivity contribution >= 4 is 23.2 Å². The summed E-state index contributed by atoms with van der Waals surface area (Å²) in [5.41, 5.74) is 2.05. The Kier molecular flexibility index (Phi) is 7.54. The highest BCUT2D eigenvalue weighted by Gasteiger charge is 2.12. The molecule has 0 atom stereocenters. The monoisotopic (exact) mass is 311 g/mol. The molecule has 0 unspecified atom stereocenters. The van der Waals surface area contributed by atoms with Gasteiger partial charge in [0, 0.05) is 20.1 Å². The highest BCUT2D eigenvalue weighted by Crippen LogP contribution is 2.26. The quantitative estimate of drug-likeness (QED) is 0.776. The smallest absolute Gasteiger partial charge is 0.239 e. The summed E-state index contributed by atoms with van der Waals surface area (Å²) in [7, 11) is 1.64. The second-order valence-electron chi connectivity index (χ2n) is 5.50. The number of amides is 1. The Hall–Kier alpha value is -1.26. The molecule has 1 aromatic carbocycles. The van der Waals surface area contributed by atoms with Crippen molar-refractivity contribution in [3.63, 3.8) is 0 Å². The predicted molar refractivity (Wildman–Crippen MR) is 90.0 cm³/mol. The van der Waals surface area contributed by atoms with Crippen LogP contribution in [0.4, 0.5) is 5.69 Å². The van der Waals surface area contributed by atoms with E-state index >= 15 is 0 Å². The molecule has 0 spiro atoms. The van der Waals surface area contributed by atoms with E-state index in [0.29, 0.717) is 17.5 Å². The summed E-state index contributed by atoms with van der Waals surface area (Å²) >= 11 is 6.37.